The second-order valence-corrected chi connectivity index (χ2v) is 6.13. The molecule has 0 heteroatoms. The van der Waals surface area contributed by atoms with Gasteiger partial charge in [-0.15, -0.1) is 0 Å². The summed E-state index contributed by atoms with van der Waals surface area (Å²) in [5.41, 5.74) is 5.98. The molecule has 0 unspecified atom stereocenters. The van der Waals surface area contributed by atoms with E-state index in [1.54, 1.807) is 11.1 Å². The van der Waals surface area contributed by atoms with Crippen molar-refractivity contribution in [2.45, 2.75) is 53.4 Å². The van der Waals surface area contributed by atoms with Crippen LogP contribution < -0.4 is 0 Å². The quantitative estimate of drug-likeness (QED) is 0.499. The van der Waals surface area contributed by atoms with E-state index < -0.39 is 0 Å². The molecule has 114 valence electrons. The highest BCUT2D eigenvalue weighted by Crippen LogP contribution is 2.35. The van der Waals surface area contributed by atoms with Crippen molar-refractivity contribution in [3.8, 4) is 0 Å². The summed E-state index contributed by atoms with van der Waals surface area (Å²) in [6.45, 7) is 9.06. The monoisotopic (exact) mass is 290 g/mol. The number of benzene rings is 3. The largest absolute Gasteiger partial charge is 0.0613 e. The van der Waals surface area contributed by atoms with Gasteiger partial charge >= 0.3 is 0 Å². The molecular formula is C22H26. The summed E-state index contributed by atoms with van der Waals surface area (Å²) in [7, 11) is 0. The third-order valence-corrected chi connectivity index (χ3v) is 5.00. The van der Waals surface area contributed by atoms with Crippen LogP contribution in [0.15, 0.2) is 36.4 Å². The van der Waals surface area contributed by atoms with Gasteiger partial charge in [0.05, 0.1) is 0 Å². The first-order chi connectivity index (χ1) is 10.7. The van der Waals surface area contributed by atoms with Gasteiger partial charge in [-0.05, 0) is 69.5 Å². The highest BCUT2D eigenvalue weighted by molar-refractivity contribution is 6.11. The van der Waals surface area contributed by atoms with Gasteiger partial charge in [-0.1, -0.05) is 64.1 Å². The maximum atomic E-state index is 2.42. The lowest BCUT2D eigenvalue weighted by atomic mass is 9.87. The molecule has 0 atom stereocenters. The Labute approximate surface area is 134 Å². The van der Waals surface area contributed by atoms with Gasteiger partial charge in [-0.2, -0.15) is 0 Å². The molecule has 3 aromatic carbocycles. The Bertz CT molecular complexity index is 754. The third kappa shape index (κ3) is 2.31. The van der Waals surface area contributed by atoms with Crippen LogP contribution in [0.2, 0.25) is 0 Å². The van der Waals surface area contributed by atoms with Crippen molar-refractivity contribution < 1.29 is 0 Å². The van der Waals surface area contributed by atoms with Gasteiger partial charge in [0.25, 0.3) is 0 Å². The molecule has 0 heterocycles. The summed E-state index contributed by atoms with van der Waals surface area (Å²) in [4.78, 5) is 0. The molecule has 0 bridgehead atoms. The molecule has 3 aromatic rings. The molecule has 0 aromatic heterocycles. The first-order valence-corrected chi connectivity index (χ1v) is 8.72. The lowest BCUT2D eigenvalue weighted by Crippen LogP contribution is -1.97. The molecule has 3 rings (SSSR count). The molecule has 0 N–H and O–H groups in total. The highest BCUT2D eigenvalue weighted by Gasteiger charge is 2.12. The summed E-state index contributed by atoms with van der Waals surface area (Å²) in [6, 6.07) is 14.1. The molecule has 0 radical (unpaired) electrons. The van der Waals surface area contributed by atoms with Crippen LogP contribution in [0.3, 0.4) is 0 Å². The Morgan fingerprint density at radius 2 is 0.909 bits per heavy atom. The molecular weight excluding hydrogens is 264 g/mol. The maximum Gasteiger partial charge on any atom is -0.0102 e. The zero-order valence-electron chi connectivity index (χ0n) is 14.3. The number of hydrogen-bond donors (Lipinski definition) is 0. The Balaban J connectivity index is 2.50. The van der Waals surface area contributed by atoms with Crippen LogP contribution in [0.5, 0.6) is 0 Å². The lowest BCUT2D eigenvalue weighted by Gasteiger charge is -2.17. The van der Waals surface area contributed by atoms with E-state index in [4.69, 9.17) is 0 Å². The van der Waals surface area contributed by atoms with Crippen molar-refractivity contribution in [2.24, 2.45) is 0 Å². The van der Waals surface area contributed by atoms with Crippen LogP contribution in [-0.2, 0) is 25.7 Å². The van der Waals surface area contributed by atoms with Crippen molar-refractivity contribution in [3.05, 3.63) is 58.7 Å². The van der Waals surface area contributed by atoms with E-state index in [0.29, 0.717) is 0 Å². The smallest absolute Gasteiger partial charge is 0.0102 e. The average molecular weight is 290 g/mol. The summed E-state index contributed by atoms with van der Waals surface area (Å²) in [5, 5.41) is 5.78. The van der Waals surface area contributed by atoms with Gasteiger partial charge in [0, 0.05) is 0 Å². The highest BCUT2D eigenvalue weighted by atomic mass is 14.2. The zero-order chi connectivity index (χ0) is 15.7. The van der Waals surface area contributed by atoms with Crippen LogP contribution in [-0.4, -0.2) is 0 Å². The Morgan fingerprint density at radius 3 is 1.23 bits per heavy atom. The molecule has 0 saturated carbocycles. The minimum atomic E-state index is 1.10. The Morgan fingerprint density at radius 1 is 0.500 bits per heavy atom. The standard InChI is InChI=1S/C22H26/c1-5-15-9-11-19-20-12-10-16(6-2)14-22(20)18(8-4)17(7-3)21(19)13-15/h9-14H,5-8H2,1-4H3. The van der Waals surface area contributed by atoms with Crippen molar-refractivity contribution >= 4 is 21.5 Å². The van der Waals surface area contributed by atoms with Crippen LogP contribution in [0.1, 0.15) is 49.9 Å². The number of fused-ring (bicyclic) bond motifs is 3. The molecule has 0 aliphatic heterocycles. The van der Waals surface area contributed by atoms with E-state index in [9.17, 15) is 0 Å². The summed E-state index contributed by atoms with van der Waals surface area (Å²) < 4.78 is 0. The van der Waals surface area contributed by atoms with Crippen LogP contribution >= 0.6 is 0 Å². The van der Waals surface area contributed by atoms with Gasteiger partial charge in [0.1, 0.15) is 0 Å². The van der Waals surface area contributed by atoms with Gasteiger partial charge in [-0.3, -0.25) is 0 Å². The van der Waals surface area contributed by atoms with Crippen molar-refractivity contribution in [2.75, 3.05) is 0 Å². The van der Waals surface area contributed by atoms with E-state index in [2.05, 4.69) is 64.1 Å². The van der Waals surface area contributed by atoms with Crippen molar-refractivity contribution in [1.29, 1.82) is 0 Å². The molecule has 0 amide bonds. The summed E-state index contributed by atoms with van der Waals surface area (Å²) in [5.74, 6) is 0. The maximum absolute atomic E-state index is 2.42. The Hall–Kier alpha value is -1.82. The molecule has 0 spiro atoms. The first kappa shape index (κ1) is 15.1. The average Bonchev–Trinajstić information content (AvgIpc) is 2.59. The minimum absolute atomic E-state index is 1.10. The summed E-state index contributed by atoms with van der Waals surface area (Å²) in [6.07, 6.45) is 4.43. The van der Waals surface area contributed by atoms with E-state index in [1.807, 2.05) is 0 Å². The fraction of sp³-hybridized carbons (Fsp3) is 0.364. The van der Waals surface area contributed by atoms with E-state index in [-0.39, 0.29) is 0 Å². The van der Waals surface area contributed by atoms with E-state index in [0.717, 1.165) is 25.7 Å². The third-order valence-electron chi connectivity index (χ3n) is 5.00. The van der Waals surface area contributed by atoms with E-state index >= 15 is 0 Å². The van der Waals surface area contributed by atoms with Crippen molar-refractivity contribution in [3.63, 3.8) is 0 Å². The number of hydrogen-bond acceptors (Lipinski definition) is 0. The SMILES string of the molecule is CCc1ccc2c(c1)c(CC)c(CC)c1cc(CC)ccc12. The predicted octanol–water partition coefficient (Wildman–Crippen LogP) is 6.24. The lowest BCUT2D eigenvalue weighted by molar-refractivity contribution is 1.06. The van der Waals surface area contributed by atoms with Gasteiger partial charge in [-0.25, -0.2) is 0 Å². The zero-order valence-corrected chi connectivity index (χ0v) is 14.3. The number of aryl methyl sites for hydroxylation is 4. The fourth-order valence-electron chi connectivity index (χ4n) is 3.72. The van der Waals surface area contributed by atoms with E-state index in [1.165, 1.54) is 32.7 Å². The normalized spacial score (nSPS) is 11.5. The topological polar surface area (TPSA) is 0 Å². The number of rotatable bonds is 4. The Kier molecular flexibility index (Phi) is 4.20. The predicted molar refractivity (Wildman–Crippen MR) is 99.0 cm³/mol. The first-order valence-electron chi connectivity index (χ1n) is 8.72. The van der Waals surface area contributed by atoms with Crippen LogP contribution in [0, 0.1) is 0 Å². The molecule has 0 fully saturated rings. The van der Waals surface area contributed by atoms with Crippen LogP contribution in [0.4, 0.5) is 0 Å². The summed E-state index contributed by atoms with van der Waals surface area (Å²) >= 11 is 0. The minimum Gasteiger partial charge on any atom is -0.0613 e. The molecule has 22 heavy (non-hydrogen) atoms. The molecule has 0 saturated heterocycles. The second-order valence-electron chi connectivity index (χ2n) is 6.13. The molecule has 0 nitrogen and oxygen atoms in total. The fourth-order valence-corrected chi connectivity index (χ4v) is 3.72. The van der Waals surface area contributed by atoms with Crippen molar-refractivity contribution in [1.82, 2.24) is 0 Å². The van der Waals surface area contributed by atoms with Gasteiger partial charge in [0.15, 0.2) is 0 Å². The molecule has 0 aliphatic rings. The van der Waals surface area contributed by atoms with Gasteiger partial charge < -0.3 is 0 Å². The molecule has 0 aliphatic carbocycles. The van der Waals surface area contributed by atoms with Gasteiger partial charge in [0.2, 0.25) is 0 Å². The second kappa shape index (κ2) is 6.12. The van der Waals surface area contributed by atoms with Crippen LogP contribution in [0.25, 0.3) is 21.5 Å².